The zero-order valence-corrected chi connectivity index (χ0v) is 17.7. The van der Waals surface area contributed by atoms with Crippen molar-refractivity contribution in [1.29, 1.82) is 0 Å². The molecule has 1 fully saturated rings. The van der Waals surface area contributed by atoms with Crippen LogP contribution in [0.3, 0.4) is 0 Å². The molecule has 4 rings (SSSR count). The molecule has 154 valence electrons. The van der Waals surface area contributed by atoms with Crippen molar-refractivity contribution in [2.75, 3.05) is 13.1 Å². The number of aromatic nitrogens is 4. The predicted octanol–water partition coefficient (Wildman–Crippen LogP) is 3.61. The molecule has 0 unspecified atom stereocenters. The van der Waals surface area contributed by atoms with Crippen molar-refractivity contribution in [2.24, 2.45) is 0 Å². The minimum Gasteiger partial charge on any atom is -0.471 e. The van der Waals surface area contributed by atoms with Gasteiger partial charge in [0.15, 0.2) is 0 Å². The number of nitrogens with zero attached hydrogens (tertiary/aromatic N) is 4. The molecule has 2 atom stereocenters. The monoisotopic (exact) mass is 395 g/mol. The van der Waals surface area contributed by atoms with E-state index in [1.165, 1.54) is 0 Å². The molecule has 1 N–H and O–H groups in total. The van der Waals surface area contributed by atoms with E-state index < -0.39 is 0 Å². The molecular formula is C22H29N5O2. The first-order valence-corrected chi connectivity index (χ1v) is 10.2. The maximum Gasteiger partial charge on any atom is 0.223 e. The van der Waals surface area contributed by atoms with Gasteiger partial charge in [-0.15, -0.1) is 0 Å². The molecule has 3 aromatic rings. The fraction of sp³-hybridized carbons (Fsp3) is 0.500. The van der Waals surface area contributed by atoms with E-state index in [1.807, 2.05) is 42.2 Å². The summed E-state index contributed by atoms with van der Waals surface area (Å²) < 4.78 is 14.5. The van der Waals surface area contributed by atoms with Crippen molar-refractivity contribution < 1.29 is 9.47 Å². The third-order valence-electron chi connectivity index (χ3n) is 5.18. The fourth-order valence-corrected chi connectivity index (χ4v) is 3.56. The van der Waals surface area contributed by atoms with Crippen molar-refractivity contribution in [2.45, 2.75) is 58.5 Å². The van der Waals surface area contributed by atoms with Crippen LogP contribution in [0.5, 0.6) is 5.88 Å². The summed E-state index contributed by atoms with van der Waals surface area (Å²) >= 11 is 0. The molecule has 3 aromatic heterocycles. The van der Waals surface area contributed by atoms with Gasteiger partial charge in [-0.25, -0.2) is 4.98 Å². The Morgan fingerprint density at radius 3 is 2.86 bits per heavy atom. The van der Waals surface area contributed by atoms with Gasteiger partial charge in [0.05, 0.1) is 28.4 Å². The number of fused-ring (bicyclic) bond motifs is 1. The van der Waals surface area contributed by atoms with Crippen molar-refractivity contribution in [3.05, 3.63) is 36.8 Å². The third kappa shape index (κ3) is 4.26. The molecular weight excluding hydrogens is 366 g/mol. The third-order valence-corrected chi connectivity index (χ3v) is 5.18. The lowest BCUT2D eigenvalue weighted by atomic mass is 10.1. The first kappa shape index (κ1) is 19.8. The van der Waals surface area contributed by atoms with E-state index in [-0.39, 0.29) is 23.9 Å². The van der Waals surface area contributed by atoms with Crippen LogP contribution in [0.15, 0.2) is 36.8 Å². The van der Waals surface area contributed by atoms with E-state index in [0.717, 1.165) is 35.2 Å². The highest BCUT2D eigenvalue weighted by atomic mass is 16.6. The van der Waals surface area contributed by atoms with Gasteiger partial charge in [0.2, 0.25) is 5.88 Å². The van der Waals surface area contributed by atoms with Crippen molar-refractivity contribution in [3.8, 4) is 17.1 Å². The Morgan fingerprint density at radius 1 is 1.31 bits per heavy atom. The average Bonchev–Trinajstić information content (AvgIpc) is 3.18. The number of nitrogens with one attached hydrogen (secondary N) is 1. The van der Waals surface area contributed by atoms with Gasteiger partial charge in [0.1, 0.15) is 12.2 Å². The van der Waals surface area contributed by atoms with Gasteiger partial charge in [-0.3, -0.25) is 9.67 Å². The fourth-order valence-electron chi connectivity index (χ4n) is 3.56. The van der Waals surface area contributed by atoms with Crippen LogP contribution in [-0.4, -0.2) is 50.6 Å². The van der Waals surface area contributed by atoms with Crippen LogP contribution in [0.2, 0.25) is 0 Å². The Balaban J connectivity index is 1.67. The zero-order valence-electron chi connectivity index (χ0n) is 17.7. The summed E-state index contributed by atoms with van der Waals surface area (Å²) in [5.41, 5.74) is 2.37. The van der Waals surface area contributed by atoms with Crippen LogP contribution in [0.1, 0.15) is 40.7 Å². The minimum atomic E-state index is -0.217. The highest BCUT2D eigenvalue weighted by Gasteiger charge is 2.33. The minimum absolute atomic E-state index is 0.0559. The molecule has 29 heavy (non-hydrogen) atoms. The molecule has 0 aromatic carbocycles. The number of rotatable bonds is 5. The second-order valence-corrected chi connectivity index (χ2v) is 8.56. The molecule has 0 radical (unpaired) electrons. The summed E-state index contributed by atoms with van der Waals surface area (Å²) in [6.07, 6.45) is 5.41. The van der Waals surface area contributed by atoms with E-state index in [2.05, 4.69) is 43.1 Å². The van der Waals surface area contributed by atoms with Gasteiger partial charge in [-0.05, 0) is 52.8 Å². The molecule has 7 nitrogen and oxygen atoms in total. The number of pyridine rings is 2. The number of morpholine rings is 1. The topological polar surface area (TPSA) is 74.1 Å². The molecule has 4 heterocycles. The van der Waals surface area contributed by atoms with Crippen LogP contribution in [0, 0.1) is 0 Å². The van der Waals surface area contributed by atoms with Gasteiger partial charge in [0, 0.05) is 37.1 Å². The van der Waals surface area contributed by atoms with Crippen molar-refractivity contribution >= 4 is 10.9 Å². The van der Waals surface area contributed by atoms with Crippen LogP contribution in [-0.2, 0) is 4.74 Å². The van der Waals surface area contributed by atoms with Gasteiger partial charge < -0.3 is 14.8 Å². The average molecular weight is 396 g/mol. The van der Waals surface area contributed by atoms with Gasteiger partial charge >= 0.3 is 0 Å². The molecule has 0 spiro atoms. The van der Waals surface area contributed by atoms with Crippen molar-refractivity contribution in [1.82, 2.24) is 25.1 Å². The number of hydrogen-bond acceptors (Lipinski definition) is 6. The van der Waals surface area contributed by atoms with E-state index >= 15 is 0 Å². The highest BCUT2D eigenvalue weighted by Crippen LogP contribution is 2.30. The van der Waals surface area contributed by atoms with E-state index in [9.17, 15) is 0 Å². The lowest BCUT2D eigenvalue weighted by Gasteiger charge is -2.39. The van der Waals surface area contributed by atoms with Gasteiger partial charge in [-0.1, -0.05) is 0 Å². The molecule has 0 aliphatic carbocycles. The summed E-state index contributed by atoms with van der Waals surface area (Å²) in [7, 11) is 0. The highest BCUT2D eigenvalue weighted by molar-refractivity contribution is 5.86. The summed E-state index contributed by atoms with van der Waals surface area (Å²) in [6.45, 7) is 12.0. The standard InChI is InChI=1S/C22H29N5O2/c1-14(2)27-12-16(10-25-27)18-9-19-17(7-6-8-24-19)21(26-18)28-15(3)20-11-23-13-22(4,5)29-20/h6-10,12,14-15,20,23H,11,13H2,1-5H3/t15-,20+/m1/s1. The molecule has 1 saturated heterocycles. The second kappa shape index (κ2) is 7.72. The Hall–Kier alpha value is -2.51. The van der Waals surface area contributed by atoms with E-state index in [1.54, 1.807) is 6.20 Å². The molecule has 7 heteroatoms. The predicted molar refractivity (Wildman–Crippen MR) is 113 cm³/mol. The maximum atomic E-state index is 6.33. The number of ether oxygens (including phenoxy) is 2. The zero-order chi connectivity index (χ0) is 20.6. The molecule has 1 aliphatic rings. The summed E-state index contributed by atoms with van der Waals surface area (Å²) in [5.74, 6) is 0.572. The lowest BCUT2D eigenvalue weighted by Crippen LogP contribution is -2.54. The van der Waals surface area contributed by atoms with Crippen LogP contribution in [0.4, 0.5) is 0 Å². The Morgan fingerprint density at radius 2 is 2.14 bits per heavy atom. The second-order valence-electron chi connectivity index (χ2n) is 8.56. The Labute approximate surface area is 171 Å². The summed E-state index contributed by atoms with van der Waals surface area (Å²) in [6, 6.07) is 6.16. The number of hydrogen-bond donors (Lipinski definition) is 1. The molecule has 1 aliphatic heterocycles. The molecule has 0 saturated carbocycles. The molecule has 0 amide bonds. The first-order chi connectivity index (χ1) is 13.8. The first-order valence-electron chi connectivity index (χ1n) is 10.2. The quantitative estimate of drug-likeness (QED) is 0.711. The maximum absolute atomic E-state index is 6.33. The van der Waals surface area contributed by atoms with Crippen LogP contribution >= 0.6 is 0 Å². The molecule has 0 bridgehead atoms. The largest absolute Gasteiger partial charge is 0.471 e. The Kier molecular flexibility index (Phi) is 5.27. The van der Waals surface area contributed by atoms with Crippen molar-refractivity contribution in [3.63, 3.8) is 0 Å². The van der Waals surface area contributed by atoms with Gasteiger partial charge in [0.25, 0.3) is 0 Å². The van der Waals surface area contributed by atoms with Crippen LogP contribution < -0.4 is 10.1 Å². The van der Waals surface area contributed by atoms with Crippen LogP contribution in [0.25, 0.3) is 22.2 Å². The smallest absolute Gasteiger partial charge is 0.223 e. The Bertz CT molecular complexity index is 998. The summed E-state index contributed by atoms with van der Waals surface area (Å²) in [5, 5.41) is 8.76. The van der Waals surface area contributed by atoms with Gasteiger partial charge in [-0.2, -0.15) is 5.10 Å². The lowest BCUT2D eigenvalue weighted by molar-refractivity contribution is -0.127. The summed E-state index contributed by atoms with van der Waals surface area (Å²) in [4.78, 5) is 9.35. The van der Waals surface area contributed by atoms with E-state index in [4.69, 9.17) is 14.5 Å². The SMILES string of the molecule is CC(C)n1cc(-c2cc3ncccc3c(O[C@H](C)[C@@H]3CNCC(C)(C)O3)n2)cn1. The normalized spacial score (nSPS) is 20.1. The van der Waals surface area contributed by atoms with E-state index in [0.29, 0.717) is 5.88 Å².